The van der Waals surface area contributed by atoms with Crippen LogP contribution in [0.1, 0.15) is 6.92 Å². The number of nitro groups is 1. The van der Waals surface area contributed by atoms with Crippen LogP contribution >= 0.6 is 11.8 Å². The Morgan fingerprint density at radius 3 is 2.63 bits per heavy atom. The van der Waals surface area contributed by atoms with Gasteiger partial charge in [0.1, 0.15) is 0 Å². The first-order valence-electron chi connectivity index (χ1n) is 5.31. The molecule has 0 heterocycles. The summed E-state index contributed by atoms with van der Waals surface area (Å²) in [5.74, 6) is 0. The van der Waals surface area contributed by atoms with Crippen LogP contribution in [0.3, 0.4) is 0 Å². The molecule has 1 aromatic carbocycles. The Balaban J connectivity index is 3.27. The van der Waals surface area contributed by atoms with Crippen molar-refractivity contribution in [3.63, 3.8) is 0 Å². The molecular weight excluding hydrogens is 292 g/mol. The quantitative estimate of drug-likeness (QED) is 0.460. The van der Waals surface area contributed by atoms with Gasteiger partial charge in [-0.1, -0.05) is 6.92 Å². The number of aliphatic hydroxyl groups is 1. The highest BCUT2D eigenvalue weighted by Gasteiger charge is 2.21. The van der Waals surface area contributed by atoms with Gasteiger partial charge in [-0.2, -0.15) is 0 Å². The maximum atomic E-state index is 11.6. The summed E-state index contributed by atoms with van der Waals surface area (Å²) in [6.07, 6.45) is 0. The predicted molar refractivity (Wildman–Crippen MR) is 71.7 cm³/mol. The number of benzene rings is 1. The van der Waals surface area contributed by atoms with E-state index in [2.05, 4.69) is 4.72 Å². The van der Waals surface area contributed by atoms with Crippen molar-refractivity contribution in [1.29, 1.82) is 0 Å². The van der Waals surface area contributed by atoms with Gasteiger partial charge in [0.15, 0.2) is 0 Å². The van der Waals surface area contributed by atoms with Crippen LogP contribution in [0.25, 0.3) is 0 Å². The third kappa shape index (κ3) is 3.90. The summed E-state index contributed by atoms with van der Waals surface area (Å²) < 4.78 is 25.3. The van der Waals surface area contributed by atoms with Gasteiger partial charge >= 0.3 is 0 Å². The SMILES string of the molecule is CNS(=O)(=O)c1ccc(SC(C)CO)c([N+](=O)[O-])c1. The van der Waals surface area contributed by atoms with Gasteiger partial charge in [0.25, 0.3) is 5.69 Å². The molecule has 0 aliphatic heterocycles. The lowest BCUT2D eigenvalue weighted by Gasteiger charge is -2.09. The predicted octanol–water partition coefficient (Wildman–Crippen LogP) is 0.976. The number of nitro benzene ring substituents is 1. The molecule has 19 heavy (non-hydrogen) atoms. The zero-order chi connectivity index (χ0) is 14.6. The first-order valence-corrected chi connectivity index (χ1v) is 7.67. The number of nitrogens with zero attached hydrogens (tertiary/aromatic N) is 1. The molecule has 1 aromatic rings. The first-order chi connectivity index (χ1) is 8.81. The minimum absolute atomic E-state index is 0.127. The fourth-order valence-electron chi connectivity index (χ4n) is 1.28. The Bertz CT molecular complexity index is 573. The van der Waals surface area contributed by atoms with E-state index >= 15 is 0 Å². The van der Waals surface area contributed by atoms with Crippen LogP contribution in [-0.4, -0.2) is 37.4 Å². The molecule has 0 radical (unpaired) electrons. The second-order valence-corrected chi connectivity index (χ2v) is 7.07. The number of rotatable bonds is 6. The molecule has 0 fully saturated rings. The molecule has 1 rings (SSSR count). The summed E-state index contributed by atoms with van der Waals surface area (Å²) in [5.41, 5.74) is -0.290. The van der Waals surface area contributed by atoms with Gasteiger partial charge in [-0.3, -0.25) is 10.1 Å². The van der Waals surface area contributed by atoms with Crippen LogP contribution in [-0.2, 0) is 10.0 Å². The van der Waals surface area contributed by atoms with Crippen LogP contribution in [0.2, 0.25) is 0 Å². The normalized spacial score (nSPS) is 13.2. The molecule has 0 aromatic heterocycles. The van der Waals surface area contributed by atoms with Crippen LogP contribution in [0.5, 0.6) is 0 Å². The van der Waals surface area contributed by atoms with E-state index < -0.39 is 14.9 Å². The summed E-state index contributed by atoms with van der Waals surface area (Å²) in [6.45, 7) is 1.59. The molecule has 0 bridgehead atoms. The van der Waals surface area contributed by atoms with Gasteiger partial charge < -0.3 is 5.11 Å². The van der Waals surface area contributed by atoms with E-state index in [9.17, 15) is 18.5 Å². The zero-order valence-corrected chi connectivity index (χ0v) is 12.0. The highest BCUT2D eigenvalue weighted by molar-refractivity contribution is 8.00. The lowest BCUT2D eigenvalue weighted by Crippen LogP contribution is -2.18. The van der Waals surface area contributed by atoms with Gasteiger partial charge in [0, 0.05) is 11.3 Å². The maximum Gasteiger partial charge on any atom is 0.284 e. The minimum atomic E-state index is -3.72. The van der Waals surface area contributed by atoms with Crippen molar-refractivity contribution in [2.45, 2.75) is 22.0 Å². The Morgan fingerprint density at radius 1 is 1.53 bits per heavy atom. The second kappa shape index (κ2) is 6.33. The van der Waals surface area contributed by atoms with E-state index in [0.717, 1.165) is 17.8 Å². The number of aliphatic hydroxyl groups excluding tert-OH is 1. The fraction of sp³-hybridized carbons (Fsp3) is 0.400. The van der Waals surface area contributed by atoms with Crippen LogP contribution in [0.15, 0.2) is 28.0 Å². The lowest BCUT2D eigenvalue weighted by molar-refractivity contribution is -0.388. The van der Waals surface area contributed by atoms with Crippen molar-refractivity contribution in [2.24, 2.45) is 0 Å². The first kappa shape index (κ1) is 15.9. The van der Waals surface area contributed by atoms with Crippen molar-refractivity contribution >= 4 is 27.5 Å². The average molecular weight is 306 g/mol. The summed E-state index contributed by atoms with van der Waals surface area (Å²) in [4.78, 5) is 10.5. The molecule has 2 N–H and O–H groups in total. The number of thioether (sulfide) groups is 1. The summed E-state index contributed by atoms with van der Waals surface area (Å²) in [6, 6.07) is 3.68. The van der Waals surface area contributed by atoms with Gasteiger partial charge in [-0.25, -0.2) is 13.1 Å². The van der Waals surface area contributed by atoms with E-state index in [-0.39, 0.29) is 22.4 Å². The largest absolute Gasteiger partial charge is 0.395 e. The number of sulfonamides is 1. The van der Waals surface area contributed by atoms with E-state index in [1.165, 1.54) is 19.2 Å². The molecule has 106 valence electrons. The second-order valence-electron chi connectivity index (χ2n) is 3.71. The van der Waals surface area contributed by atoms with E-state index in [1.54, 1.807) is 6.92 Å². The van der Waals surface area contributed by atoms with Crippen LogP contribution in [0.4, 0.5) is 5.69 Å². The molecule has 0 saturated heterocycles. The molecule has 0 amide bonds. The molecule has 0 aliphatic rings. The average Bonchev–Trinajstić information content (AvgIpc) is 2.38. The Morgan fingerprint density at radius 2 is 2.16 bits per heavy atom. The molecule has 1 unspecified atom stereocenters. The third-order valence-electron chi connectivity index (χ3n) is 2.29. The number of hydrogen-bond donors (Lipinski definition) is 2. The topological polar surface area (TPSA) is 110 Å². The number of nitrogens with one attached hydrogen (secondary N) is 1. The summed E-state index contributed by atoms with van der Waals surface area (Å²) >= 11 is 1.12. The monoisotopic (exact) mass is 306 g/mol. The van der Waals surface area contributed by atoms with Crippen LogP contribution < -0.4 is 4.72 Å². The highest BCUT2D eigenvalue weighted by atomic mass is 32.2. The Labute approximate surface area is 115 Å². The zero-order valence-electron chi connectivity index (χ0n) is 10.4. The molecule has 0 saturated carbocycles. The summed E-state index contributed by atoms with van der Waals surface area (Å²) in [5, 5.41) is 19.7. The maximum absolute atomic E-state index is 11.6. The molecule has 0 aliphatic carbocycles. The van der Waals surface area contributed by atoms with Crippen molar-refractivity contribution < 1.29 is 18.4 Å². The van der Waals surface area contributed by atoms with E-state index in [1.807, 2.05) is 0 Å². The molecule has 9 heteroatoms. The van der Waals surface area contributed by atoms with Gasteiger partial charge in [-0.05, 0) is 19.2 Å². The standard InChI is InChI=1S/C10H14N2O5S2/c1-7(6-13)18-10-4-3-8(19(16,17)11-2)5-9(10)12(14)15/h3-5,7,11,13H,6H2,1-2H3. The van der Waals surface area contributed by atoms with Gasteiger partial charge in [-0.15, -0.1) is 11.8 Å². The fourth-order valence-corrected chi connectivity index (χ4v) is 2.94. The molecule has 1 atom stereocenters. The van der Waals surface area contributed by atoms with E-state index in [4.69, 9.17) is 5.11 Å². The lowest BCUT2D eigenvalue weighted by atomic mass is 10.3. The van der Waals surface area contributed by atoms with Gasteiger partial charge in [0.05, 0.1) is 21.3 Å². The van der Waals surface area contributed by atoms with Crippen molar-refractivity contribution in [3.05, 3.63) is 28.3 Å². The molecule has 7 nitrogen and oxygen atoms in total. The Kier molecular flexibility index (Phi) is 5.29. The van der Waals surface area contributed by atoms with Crippen LogP contribution in [0, 0.1) is 10.1 Å². The number of hydrogen-bond acceptors (Lipinski definition) is 6. The smallest absolute Gasteiger partial charge is 0.284 e. The van der Waals surface area contributed by atoms with E-state index in [0.29, 0.717) is 4.90 Å². The third-order valence-corrected chi connectivity index (χ3v) is 4.85. The van der Waals surface area contributed by atoms with Gasteiger partial charge in [0.2, 0.25) is 10.0 Å². The highest BCUT2D eigenvalue weighted by Crippen LogP contribution is 2.33. The Hall–Kier alpha value is -1.16. The van der Waals surface area contributed by atoms with Crippen molar-refractivity contribution in [3.8, 4) is 0 Å². The molecular formula is C10H14N2O5S2. The molecule has 0 spiro atoms. The van der Waals surface area contributed by atoms with Crippen molar-refractivity contribution in [2.75, 3.05) is 13.7 Å². The van der Waals surface area contributed by atoms with Crippen molar-refractivity contribution in [1.82, 2.24) is 4.72 Å². The minimum Gasteiger partial charge on any atom is -0.395 e. The summed E-state index contributed by atoms with van der Waals surface area (Å²) in [7, 11) is -2.48.